The summed E-state index contributed by atoms with van der Waals surface area (Å²) in [6.07, 6.45) is 0.873. The zero-order valence-corrected chi connectivity index (χ0v) is 8.53. The summed E-state index contributed by atoms with van der Waals surface area (Å²) in [4.78, 5) is 23.1. The Kier molecular flexibility index (Phi) is 2.54. The van der Waals surface area contributed by atoms with Crippen LogP contribution in [0, 0.1) is 5.92 Å². The number of ether oxygens (including phenoxy) is 1. The Balaban J connectivity index is 2.30. The number of benzene rings is 1. The van der Waals surface area contributed by atoms with Gasteiger partial charge in [0.15, 0.2) is 5.78 Å². The number of ketones is 1. The number of carbonyl (C=O) groups excluding carboxylic acids is 2. The SMILES string of the molecule is COC(=O)[C@@H]1CC(=O)c2ccccc2C1. The standard InChI is InChI=1S/C12H12O3/c1-15-12(14)9-6-8-4-2-3-5-10(8)11(13)7-9/h2-5,9H,6-7H2,1H3/t9-/m0/s1. The van der Waals surface area contributed by atoms with Crippen molar-refractivity contribution < 1.29 is 14.3 Å². The van der Waals surface area contributed by atoms with Gasteiger partial charge in [-0.25, -0.2) is 0 Å². The second-order valence-electron chi connectivity index (χ2n) is 3.71. The highest BCUT2D eigenvalue weighted by molar-refractivity contribution is 6.01. The summed E-state index contributed by atoms with van der Waals surface area (Å²) in [6.45, 7) is 0. The number of hydrogen-bond acceptors (Lipinski definition) is 3. The fourth-order valence-electron chi connectivity index (χ4n) is 1.98. The molecule has 0 N–H and O–H groups in total. The molecule has 0 bridgehead atoms. The third kappa shape index (κ3) is 1.77. The smallest absolute Gasteiger partial charge is 0.309 e. The highest BCUT2D eigenvalue weighted by atomic mass is 16.5. The lowest BCUT2D eigenvalue weighted by atomic mass is 9.83. The van der Waals surface area contributed by atoms with Crippen molar-refractivity contribution in [1.82, 2.24) is 0 Å². The Labute approximate surface area is 88.1 Å². The summed E-state index contributed by atoms with van der Waals surface area (Å²) in [5.41, 5.74) is 1.70. The first-order valence-corrected chi connectivity index (χ1v) is 4.91. The van der Waals surface area contributed by atoms with Gasteiger partial charge >= 0.3 is 5.97 Å². The molecule has 0 aliphatic heterocycles. The van der Waals surface area contributed by atoms with E-state index in [9.17, 15) is 9.59 Å². The van der Waals surface area contributed by atoms with Crippen LogP contribution in [0.4, 0.5) is 0 Å². The third-order valence-electron chi connectivity index (χ3n) is 2.75. The number of methoxy groups -OCH3 is 1. The van der Waals surface area contributed by atoms with Gasteiger partial charge in [0.2, 0.25) is 0 Å². The number of esters is 1. The molecule has 1 aliphatic carbocycles. The van der Waals surface area contributed by atoms with Crippen LogP contribution in [0.3, 0.4) is 0 Å². The molecule has 1 aromatic carbocycles. The Hall–Kier alpha value is -1.64. The van der Waals surface area contributed by atoms with Crippen LogP contribution < -0.4 is 0 Å². The molecule has 0 aromatic heterocycles. The highest BCUT2D eigenvalue weighted by Gasteiger charge is 2.29. The highest BCUT2D eigenvalue weighted by Crippen LogP contribution is 2.25. The van der Waals surface area contributed by atoms with Gasteiger partial charge in [0, 0.05) is 12.0 Å². The molecule has 0 fully saturated rings. The summed E-state index contributed by atoms with van der Waals surface area (Å²) < 4.78 is 4.66. The van der Waals surface area contributed by atoms with Gasteiger partial charge in [-0.15, -0.1) is 0 Å². The first kappa shape index (κ1) is 9.90. The molecule has 0 saturated carbocycles. The lowest BCUT2D eigenvalue weighted by molar-refractivity contribution is -0.145. The number of hydrogen-bond donors (Lipinski definition) is 0. The maximum Gasteiger partial charge on any atom is 0.309 e. The van der Waals surface area contributed by atoms with Crippen molar-refractivity contribution in [3.05, 3.63) is 35.4 Å². The predicted molar refractivity (Wildman–Crippen MR) is 54.6 cm³/mol. The van der Waals surface area contributed by atoms with E-state index in [0.717, 1.165) is 11.1 Å². The topological polar surface area (TPSA) is 43.4 Å². The van der Waals surface area contributed by atoms with Crippen LogP contribution in [0.2, 0.25) is 0 Å². The number of Topliss-reactive ketones (excluding diaryl/α,β-unsaturated/α-hetero) is 1. The van der Waals surface area contributed by atoms with Gasteiger partial charge in [0.1, 0.15) is 0 Å². The van der Waals surface area contributed by atoms with Crippen LogP contribution in [0.25, 0.3) is 0 Å². The molecule has 2 rings (SSSR count). The van der Waals surface area contributed by atoms with Crippen LogP contribution in [-0.4, -0.2) is 18.9 Å². The molecule has 1 atom stereocenters. The fourth-order valence-corrected chi connectivity index (χ4v) is 1.98. The molecule has 3 nitrogen and oxygen atoms in total. The van der Waals surface area contributed by atoms with E-state index in [2.05, 4.69) is 4.74 Å². The van der Waals surface area contributed by atoms with E-state index in [1.807, 2.05) is 24.3 Å². The summed E-state index contributed by atoms with van der Waals surface area (Å²) in [7, 11) is 1.35. The first-order valence-electron chi connectivity index (χ1n) is 4.91. The van der Waals surface area contributed by atoms with Gasteiger partial charge in [0.05, 0.1) is 13.0 Å². The maximum atomic E-state index is 11.7. The molecular weight excluding hydrogens is 192 g/mol. The molecule has 78 valence electrons. The summed E-state index contributed by atoms with van der Waals surface area (Å²) in [5.74, 6) is -0.567. The molecule has 3 heteroatoms. The molecule has 0 saturated heterocycles. The average molecular weight is 204 g/mol. The zero-order chi connectivity index (χ0) is 10.8. The molecule has 0 unspecified atom stereocenters. The Morgan fingerprint density at radius 1 is 1.33 bits per heavy atom. The van der Waals surface area contributed by atoms with Crippen molar-refractivity contribution in [2.75, 3.05) is 7.11 Å². The molecular formula is C12H12O3. The Morgan fingerprint density at radius 3 is 2.80 bits per heavy atom. The zero-order valence-electron chi connectivity index (χ0n) is 8.53. The van der Waals surface area contributed by atoms with Crippen molar-refractivity contribution in [3.8, 4) is 0 Å². The molecule has 0 spiro atoms. The second kappa shape index (κ2) is 3.85. The monoisotopic (exact) mass is 204 g/mol. The summed E-state index contributed by atoms with van der Waals surface area (Å²) in [5, 5.41) is 0. The Morgan fingerprint density at radius 2 is 2.07 bits per heavy atom. The van der Waals surface area contributed by atoms with Crippen molar-refractivity contribution in [2.45, 2.75) is 12.8 Å². The van der Waals surface area contributed by atoms with Gasteiger partial charge in [-0.2, -0.15) is 0 Å². The van der Waals surface area contributed by atoms with Crippen molar-refractivity contribution in [1.29, 1.82) is 0 Å². The van der Waals surface area contributed by atoms with Crippen LogP contribution >= 0.6 is 0 Å². The normalized spacial score (nSPS) is 19.5. The predicted octanol–water partition coefficient (Wildman–Crippen LogP) is 1.60. The lowest BCUT2D eigenvalue weighted by Crippen LogP contribution is -2.27. The molecule has 15 heavy (non-hydrogen) atoms. The van der Waals surface area contributed by atoms with Gasteiger partial charge in [-0.3, -0.25) is 9.59 Å². The van der Waals surface area contributed by atoms with Crippen LogP contribution in [0.15, 0.2) is 24.3 Å². The molecule has 0 radical (unpaired) electrons. The van der Waals surface area contributed by atoms with Crippen molar-refractivity contribution in [3.63, 3.8) is 0 Å². The van der Waals surface area contributed by atoms with Crippen LogP contribution in [-0.2, 0) is 16.0 Å². The van der Waals surface area contributed by atoms with E-state index in [4.69, 9.17) is 0 Å². The van der Waals surface area contributed by atoms with Crippen molar-refractivity contribution >= 4 is 11.8 Å². The minimum Gasteiger partial charge on any atom is -0.469 e. The fraction of sp³-hybridized carbons (Fsp3) is 0.333. The van der Waals surface area contributed by atoms with E-state index >= 15 is 0 Å². The molecule has 1 aliphatic rings. The van der Waals surface area contributed by atoms with Crippen LogP contribution in [0.1, 0.15) is 22.3 Å². The van der Waals surface area contributed by atoms with Gasteiger partial charge in [-0.1, -0.05) is 24.3 Å². The molecule has 0 heterocycles. The van der Waals surface area contributed by atoms with E-state index in [1.54, 1.807) is 0 Å². The van der Waals surface area contributed by atoms with Gasteiger partial charge in [0.25, 0.3) is 0 Å². The second-order valence-corrected chi connectivity index (χ2v) is 3.71. The third-order valence-corrected chi connectivity index (χ3v) is 2.75. The minimum atomic E-state index is -0.308. The van der Waals surface area contributed by atoms with E-state index in [-0.39, 0.29) is 24.1 Å². The summed E-state index contributed by atoms with van der Waals surface area (Å²) in [6, 6.07) is 7.43. The van der Waals surface area contributed by atoms with E-state index < -0.39 is 0 Å². The number of fused-ring (bicyclic) bond motifs is 1. The lowest BCUT2D eigenvalue weighted by Gasteiger charge is -2.21. The van der Waals surface area contributed by atoms with E-state index in [1.165, 1.54) is 7.11 Å². The van der Waals surface area contributed by atoms with Gasteiger partial charge < -0.3 is 4.74 Å². The Bertz CT molecular complexity index is 409. The number of carbonyl (C=O) groups is 2. The van der Waals surface area contributed by atoms with Crippen molar-refractivity contribution in [2.24, 2.45) is 5.92 Å². The maximum absolute atomic E-state index is 11.7. The molecule has 0 amide bonds. The molecule has 1 aromatic rings. The average Bonchev–Trinajstić information content (AvgIpc) is 2.28. The quantitative estimate of drug-likeness (QED) is 0.653. The van der Waals surface area contributed by atoms with E-state index in [0.29, 0.717) is 6.42 Å². The summed E-state index contributed by atoms with van der Waals surface area (Å²) >= 11 is 0. The first-order chi connectivity index (χ1) is 7.22. The van der Waals surface area contributed by atoms with Crippen LogP contribution in [0.5, 0.6) is 0 Å². The largest absolute Gasteiger partial charge is 0.469 e. The number of rotatable bonds is 1. The minimum absolute atomic E-state index is 0.0345. The van der Waals surface area contributed by atoms with Gasteiger partial charge in [-0.05, 0) is 12.0 Å².